The van der Waals surface area contributed by atoms with Crippen LogP contribution in [0.2, 0.25) is 18.1 Å². The highest BCUT2D eigenvalue weighted by Crippen LogP contribution is 2.36. The standard InChI is InChI=1S/C25H35FN8OSi/c1-25(2,3)36(4,5)35-11-10-33-13-18(14-33)34-20-12-17(26)6-7-19(20)32-21(34)8-9-27-23-22-24(29-15-28-22)31-16-30-23/h6-7,12,15-16,18H,8-11,13-14H2,1-5H3,(H2,27,28,29,30,31). The predicted octanol–water partition coefficient (Wildman–Crippen LogP) is 4.37. The first-order valence-corrected chi connectivity index (χ1v) is 15.4. The quantitative estimate of drug-likeness (QED) is 0.323. The smallest absolute Gasteiger partial charge is 0.192 e. The average molecular weight is 511 g/mol. The Morgan fingerprint density at radius 1 is 1.19 bits per heavy atom. The van der Waals surface area contributed by atoms with Crippen LogP contribution in [-0.2, 0) is 10.8 Å². The summed E-state index contributed by atoms with van der Waals surface area (Å²) in [5.74, 6) is 1.41. The van der Waals surface area contributed by atoms with Crippen molar-refractivity contribution in [2.75, 3.05) is 38.1 Å². The molecule has 0 amide bonds. The van der Waals surface area contributed by atoms with E-state index in [9.17, 15) is 4.39 Å². The van der Waals surface area contributed by atoms with Gasteiger partial charge in [0.2, 0.25) is 0 Å². The number of aromatic nitrogens is 6. The summed E-state index contributed by atoms with van der Waals surface area (Å²) in [6.07, 6.45) is 3.79. The van der Waals surface area contributed by atoms with Crippen LogP contribution in [0.5, 0.6) is 0 Å². The number of rotatable bonds is 9. The number of H-pyrrole nitrogens is 1. The van der Waals surface area contributed by atoms with Crippen molar-refractivity contribution >= 4 is 36.3 Å². The van der Waals surface area contributed by atoms with Gasteiger partial charge in [0.05, 0.1) is 23.4 Å². The number of hydrogen-bond donors (Lipinski definition) is 2. The second-order valence-electron chi connectivity index (χ2n) is 11.1. The highest BCUT2D eigenvalue weighted by molar-refractivity contribution is 6.74. The molecule has 36 heavy (non-hydrogen) atoms. The Labute approximate surface area is 211 Å². The van der Waals surface area contributed by atoms with Crippen LogP contribution >= 0.6 is 0 Å². The van der Waals surface area contributed by atoms with Crippen molar-refractivity contribution in [3.63, 3.8) is 0 Å². The minimum Gasteiger partial charge on any atom is -0.416 e. The van der Waals surface area contributed by atoms with E-state index in [1.165, 1.54) is 12.4 Å². The van der Waals surface area contributed by atoms with E-state index in [2.05, 4.69) is 68.6 Å². The van der Waals surface area contributed by atoms with Gasteiger partial charge >= 0.3 is 0 Å². The topological polar surface area (TPSA) is 96.8 Å². The van der Waals surface area contributed by atoms with Gasteiger partial charge in [-0.3, -0.25) is 4.90 Å². The van der Waals surface area contributed by atoms with Crippen LogP contribution in [0.3, 0.4) is 0 Å². The Kier molecular flexibility index (Phi) is 6.56. The zero-order chi connectivity index (χ0) is 25.5. The van der Waals surface area contributed by atoms with Crippen LogP contribution in [0.4, 0.5) is 10.2 Å². The Bertz CT molecular complexity index is 1360. The van der Waals surface area contributed by atoms with Crippen molar-refractivity contribution in [3.8, 4) is 0 Å². The molecule has 0 spiro atoms. The second kappa shape index (κ2) is 9.53. The van der Waals surface area contributed by atoms with Gasteiger partial charge in [-0.2, -0.15) is 0 Å². The molecular formula is C25H35FN8OSi. The third-order valence-electron chi connectivity index (χ3n) is 7.57. The molecule has 1 aromatic carbocycles. The average Bonchev–Trinajstić information content (AvgIpc) is 3.39. The number of halogens is 1. The molecule has 0 saturated carbocycles. The summed E-state index contributed by atoms with van der Waals surface area (Å²) in [6.45, 7) is 15.5. The van der Waals surface area contributed by atoms with Crippen molar-refractivity contribution < 1.29 is 8.82 Å². The maximum atomic E-state index is 14.2. The molecule has 11 heteroatoms. The number of aromatic amines is 1. The summed E-state index contributed by atoms with van der Waals surface area (Å²) in [7, 11) is -1.74. The molecule has 1 aliphatic heterocycles. The van der Waals surface area contributed by atoms with Gasteiger partial charge < -0.3 is 19.3 Å². The van der Waals surface area contributed by atoms with Gasteiger partial charge in [0.15, 0.2) is 19.8 Å². The minimum atomic E-state index is -1.74. The third-order valence-corrected chi connectivity index (χ3v) is 12.1. The first kappa shape index (κ1) is 24.8. The number of fused-ring (bicyclic) bond motifs is 2. The summed E-state index contributed by atoms with van der Waals surface area (Å²) in [5.41, 5.74) is 3.08. The molecule has 0 aliphatic carbocycles. The molecule has 4 heterocycles. The first-order chi connectivity index (χ1) is 17.1. The molecule has 9 nitrogen and oxygen atoms in total. The third kappa shape index (κ3) is 4.87. The maximum absolute atomic E-state index is 14.2. The van der Waals surface area contributed by atoms with Crippen LogP contribution in [0.25, 0.3) is 22.2 Å². The molecule has 0 unspecified atom stereocenters. The fourth-order valence-corrected chi connectivity index (χ4v) is 5.46. The van der Waals surface area contributed by atoms with E-state index < -0.39 is 8.32 Å². The first-order valence-electron chi connectivity index (χ1n) is 12.5. The zero-order valence-electron chi connectivity index (χ0n) is 21.7. The number of hydrogen-bond acceptors (Lipinski definition) is 7. The molecule has 0 radical (unpaired) electrons. The normalized spacial score (nSPS) is 15.6. The van der Waals surface area contributed by atoms with Crippen LogP contribution in [0, 0.1) is 5.82 Å². The lowest BCUT2D eigenvalue weighted by molar-refractivity contribution is 0.0864. The van der Waals surface area contributed by atoms with Gasteiger partial charge in [0, 0.05) is 39.2 Å². The van der Waals surface area contributed by atoms with E-state index in [0.717, 1.165) is 48.6 Å². The van der Waals surface area contributed by atoms with Crippen LogP contribution in [0.15, 0.2) is 30.9 Å². The van der Waals surface area contributed by atoms with Crippen LogP contribution in [0.1, 0.15) is 32.6 Å². The molecule has 1 aliphatic rings. The van der Waals surface area contributed by atoms with Crippen molar-refractivity contribution in [1.82, 2.24) is 34.4 Å². The van der Waals surface area contributed by atoms with E-state index in [0.29, 0.717) is 24.4 Å². The van der Waals surface area contributed by atoms with Crippen molar-refractivity contribution in [2.24, 2.45) is 0 Å². The molecule has 2 N–H and O–H groups in total. The summed E-state index contributed by atoms with van der Waals surface area (Å²) in [6, 6.07) is 5.10. The minimum absolute atomic E-state index is 0.210. The van der Waals surface area contributed by atoms with Gasteiger partial charge in [-0.15, -0.1) is 0 Å². The summed E-state index contributed by atoms with van der Waals surface area (Å²) in [5, 5.41) is 3.58. The number of nitrogens with zero attached hydrogens (tertiary/aromatic N) is 6. The lowest BCUT2D eigenvalue weighted by atomic mass is 10.1. The molecule has 4 aromatic rings. The monoisotopic (exact) mass is 510 g/mol. The SMILES string of the molecule is CC(C)(C)[Si](C)(C)OCCN1CC(n2c(CCNc3ncnc4nc[nH]c34)nc3ccc(F)cc32)C1. The number of anilines is 1. The van der Waals surface area contributed by atoms with E-state index in [-0.39, 0.29) is 16.9 Å². The van der Waals surface area contributed by atoms with Gasteiger partial charge in [0.1, 0.15) is 23.5 Å². The molecule has 5 rings (SSSR count). The van der Waals surface area contributed by atoms with Crippen molar-refractivity contribution in [2.45, 2.75) is 51.4 Å². The molecule has 0 atom stereocenters. The van der Waals surface area contributed by atoms with Gasteiger partial charge in [-0.25, -0.2) is 24.3 Å². The highest BCUT2D eigenvalue weighted by Gasteiger charge is 2.37. The highest BCUT2D eigenvalue weighted by atomic mass is 28.4. The molecule has 192 valence electrons. The Balaban J connectivity index is 1.25. The number of benzene rings is 1. The summed E-state index contributed by atoms with van der Waals surface area (Å²) >= 11 is 0. The molecule has 1 saturated heterocycles. The van der Waals surface area contributed by atoms with E-state index in [1.807, 2.05) is 0 Å². The molecule has 0 bridgehead atoms. The molecule has 3 aromatic heterocycles. The molecular weight excluding hydrogens is 475 g/mol. The fourth-order valence-electron chi connectivity index (χ4n) is 4.43. The number of imidazole rings is 2. The molecule has 1 fully saturated rings. The lowest BCUT2D eigenvalue weighted by Crippen LogP contribution is -2.50. The fraction of sp³-hybridized carbons (Fsp3) is 0.520. The predicted molar refractivity (Wildman–Crippen MR) is 142 cm³/mol. The zero-order valence-corrected chi connectivity index (χ0v) is 22.7. The van der Waals surface area contributed by atoms with Crippen molar-refractivity contribution in [1.29, 1.82) is 0 Å². The maximum Gasteiger partial charge on any atom is 0.192 e. The van der Waals surface area contributed by atoms with Gasteiger partial charge in [-0.05, 0) is 36.3 Å². The van der Waals surface area contributed by atoms with E-state index in [4.69, 9.17) is 9.41 Å². The summed E-state index contributed by atoms with van der Waals surface area (Å²) in [4.78, 5) is 23.0. The Morgan fingerprint density at radius 2 is 2.00 bits per heavy atom. The number of nitrogens with one attached hydrogen (secondary N) is 2. The summed E-state index contributed by atoms with van der Waals surface area (Å²) < 4.78 is 22.7. The van der Waals surface area contributed by atoms with E-state index in [1.54, 1.807) is 18.5 Å². The second-order valence-corrected chi connectivity index (χ2v) is 15.9. The number of likely N-dealkylation sites (tertiary alicyclic amines) is 1. The largest absolute Gasteiger partial charge is 0.416 e. The Hall–Kier alpha value is -2.89. The van der Waals surface area contributed by atoms with Crippen molar-refractivity contribution in [3.05, 3.63) is 42.5 Å². The van der Waals surface area contributed by atoms with Crippen LogP contribution < -0.4 is 5.32 Å². The van der Waals surface area contributed by atoms with Gasteiger partial charge in [0.25, 0.3) is 0 Å². The lowest BCUT2D eigenvalue weighted by Gasteiger charge is -2.42. The van der Waals surface area contributed by atoms with Gasteiger partial charge in [-0.1, -0.05) is 20.8 Å². The van der Waals surface area contributed by atoms with E-state index >= 15 is 0 Å². The van der Waals surface area contributed by atoms with Crippen LogP contribution in [-0.4, -0.2) is 75.5 Å². The Morgan fingerprint density at radius 3 is 2.78 bits per heavy atom.